The van der Waals surface area contributed by atoms with Crippen molar-refractivity contribution in [3.8, 4) is 5.75 Å². The molecule has 0 saturated heterocycles. The van der Waals surface area contributed by atoms with E-state index in [-0.39, 0.29) is 0 Å². The minimum atomic E-state index is 0.541. The highest BCUT2D eigenvalue weighted by Crippen LogP contribution is 2.27. The van der Waals surface area contributed by atoms with Crippen LogP contribution in [0.1, 0.15) is 22.3 Å². The monoisotopic (exact) mass is 445 g/mol. The Hall–Kier alpha value is -2.78. The number of hydrogen-bond donors (Lipinski definition) is 1. The van der Waals surface area contributed by atoms with Gasteiger partial charge < -0.3 is 10.1 Å². The van der Waals surface area contributed by atoms with Crippen LogP contribution in [0.25, 0.3) is 10.8 Å². The molecule has 0 radical (unpaired) electrons. The van der Waals surface area contributed by atoms with Crippen molar-refractivity contribution in [1.29, 1.82) is 0 Å². The lowest BCUT2D eigenvalue weighted by molar-refractivity contribution is 0.304. The van der Waals surface area contributed by atoms with Crippen molar-refractivity contribution in [2.45, 2.75) is 27.0 Å². The van der Waals surface area contributed by atoms with Crippen molar-refractivity contribution < 1.29 is 4.74 Å². The second-order valence-electron chi connectivity index (χ2n) is 7.28. The molecule has 29 heavy (non-hydrogen) atoms. The van der Waals surface area contributed by atoms with E-state index in [0.29, 0.717) is 13.2 Å². The van der Waals surface area contributed by atoms with Gasteiger partial charge in [-0.3, -0.25) is 0 Å². The Labute approximate surface area is 180 Å². The van der Waals surface area contributed by atoms with Crippen molar-refractivity contribution in [3.63, 3.8) is 0 Å². The number of benzene rings is 4. The lowest BCUT2D eigenvalue weighted by Gasteiger charge is -2.16. The van der Waals surface area contributed by atoms with Crippen LogP contribution in [-0.2, 0) is 13.2 Å². The minimum Gasteiger partial charge on any atom is -0.489 e. The van der Waals surface area contributed by atoms with Crippen molar-refractivity contribution in [3.05, 3.63) is 106 Å². The molecule has 0 saturated carbocycles. The van der Waals surface area contributed by atoms with Gasteiger partial charge in [0.1, 0.15) is 12.4 Å². The van der Waals surface area contributed by atoms with Gasteiger partial charge in [0.2, 0.25) is 0 Å². The Kier molecular flexibility index (Phi) is 5.86. The van der Waals surface area contributed by atoms with Crippen LogP contribution < -0.4 is 10.1 Å². The van der Waals surface area contributed by atoms with Crippen LogP contribution in [0.4, 0.5) is 5.69 Å². The fourth-order valence-electron chi connectivity index (χ4n) is 3.53. The van der Waals surface area contributed by atoms with Gasteiger partial charge in [0.15, 0.2) is 0 Å². The summed E-state index contributed by atoms with van der Waals surface area (Å²) in [7, 11) is 0. The number of nitrogens with one attached hydrogen (secondary N) is 1. The van der Waals surface area contributed by atoms with E-state index in [1.165, 1.54) is 27.5 Å². The Morgan fingerprint density at radius 1 is 0.828 bits per heavy atom. The average molecular weight is 446 g/mol. The third kappa shape index (κ3) is 4.46. The molecular weight excluding hydrogens is 422 g/mol. The van der Waals surface area contributed by atoms with Gasteiger partial charge in [-0.1, -0.05) is 70.5 Å². The molecule has 0 aliphatic rings. The maximum absolute atomic E-state index is 6.27. The van der Waals surface area contributed by atoms with Crippen molar-refractivity contribution >= 4 is 32.4 Å². The molecule has 0 aliphatic heterocycles. The summed E-state index contributed by atoms with van der Waals surface area (Å²) in [6, 6.07) is 27.3. The van der Waals surface area contributed by atoms with Gasteiger partial charge in [-0.15, -0.1) is 0 Å². The molecule has 0 amide bonds. The predicted octanol–water partition coefficient (Wildman–Crippen LogP) is 7.41. The zero-order valence-electron chi connectivity index (χ0n) is 16.7. The summed E-state index contributed by atoms with van der Waals surface area (Å²) in [4.78, 5) is 0. The first kappa shape index (κ1) is 19.5. The lowest BCUT2D eigenvalue weighted by Crippen LogP contribution is -2.05. The Bertz CT molecular complexity index is 1150. The first-order valence-corrected chi connectivity index (χ1v) is 10.6. The standard InChI is InChI=1S/C26H24BrNO/c1-18-7-5-12-25(19(18)2)28-16-22-15-23(27)13-14-26(22)29-17-21-10-6-9-20-8-3-4-11-24(20)21/h3-15,28H,16-17H2,1-2H3. The summed E-state index contributed by atoms with van der Waals surface area (Å²) >= 11 is 3.59. The summed E-state index contributed by atoms with van der Waals surface area (Å²) in [6.07, 6.45) is 0. The fraction of sp³-hybridized carbons (Fsp3) is 0.154. The van der Waals surface area contributed by atoms with Gasteiger partial charge in [-0.2, -0.15) is 0 Å². The molecular formula is C26H24BrNO. The smallest absolute Gasteiger partial charge is 0.124 e. The predicted molar refractivity (Wildman–Crippen MR) is 126 cm³/mol. The maximum Gasteiger partial charge on any atom is 0.124 e. The number of ether oxygens (including phenoxy) is 1. The second-order valence-corrected chi connectivity index (χ2v) is 8.20. The molecule has 0 atom stereocenters. The molecule has 3 heteroatoms. The first-order chi connectivity index (χ1) is 14.1. The first-order valence-electron chi connectivity index (χ1n) is 9.80. The minimum absolute atomic E-state index is 0.541. The Morgan fingerprint density at radius 3 is 2.52 bits per heavy atom. The highest BCUT2D eigenvalue weighted by Gasteiger charge is 2.08. The largest absolute Gasteiger partial charge is 0.489 e. The van der Waals surface area contributed by atoms with Gasteiger partial charge in [-0.05, 0) is 65.6 Å². The van der Waals surface area contributed by atoms with E-state index >= 15 is 0 Å². The number of rotatable bonds is 6. The summed E-state index contributed by atoms with van der Waals surface area (Å²) in [6.45, 7) is 5.53. The molecule has 0 spiro atoms. The molecule has 4 aromatic carbocycles. The van der Waals surface area contributed by atoms with E-state index in [1.54, 1.807) is 0 Å². The van der Waals surface area contributed by atoms with Gasteiger partial charge in [-0.25, -0.2) is 0 Å². The molecule has 2 nitrogen and oxygen atoms in total. The van der Waals surface area contributed by atoms with E-state index in [9.17, 15) is 0 Å². The summed E-state index contributed by atoms with van der Waals surface area (Å²) in [5.41, 5.74) is 6.04. The van der Waals surface area contributed by atoms with Crippen LogP contribution in [-0.4, -0.2) is 0 Å². The SMILES string of the molecule is Cc1cccc(NCc2cc(Br)ccc2OCc2cccc3ccccc23)c1C. The van der Waals surface area contributed by atoms with Crippen LogP contribution in [0.5, 0.6) is 5.75 Å². The van der Waals surface area contributed by atoms with E-state index in [2.05, 4.69) is 102 Å². The van der Waals surface area contributed by atoms with Gasteiger partial charge in [0.25, 0.3) is 0 Å². The van der Waals surface area contributed by atoms with Gasteiger partial charge in [0.05, 0.1) is 0 Å². The summed E-state index contributed by atoms with van der Waals surface area (Å²) in [5, 5.41) is 6.04. The molecule has 146 valence electrons. The number of anilines is 1. The molecule has 0 aromatic heterocycles. The van der Waals surface area contributed by atoms with E-state index in [1.807, 2.05) is 12.1 Å². The van der Waals surface area contributed by atoms with Gasteiger partial charge >= 0.3 is 0 Å². The molecule has 0 bridgehead atoms. The van der Waals surface area contributed by atoms with Crippen molar-refractivity contribution in [2.75, 3.05) is 5.32 Å². The number of fused-ring (bicyclic) bond motifs is 1. The zero-order valence-corrected chi connectivity index (χ0v) is 18.3. The molecule has 0 heterocycles. The average Bonchev–Trinajstić information content (AvgIpc) is 2.74. The third-order valence-corrected chi connectivity index (χ3v) is 5.85. The highest BCUT2D eigenvalue weighted by atomic mass is 79.9. The molecule has 0 aliphatic carbocycles. The number of aryl methyl sites for hydroxylation is 1. The van der Waals surface area contributed by atoms with Crippen LogP contribution >= 0.6 is 15.9 Å². The van der Waals surface area contributed by atoms with Gasteiger partial charge in [0, 0.05) is 22.3 Å². The van der Waals surface area contributed by atoms with Crippen LogP contribution in [0.15, 0.2) is 83.3 Å². The van der Waals surface area contributed by atoms with E-state index in [0.717, 1.165) is 21.5 Å². The summed E-state index contributed by atoms with van der Waals surface area (Å²) in [5.74, 6) is 0.902. The van der Waals surface area contributed by atoms with Crippen LogP contribution in [0.2, 0.25) is 0 Å². The molecule has 1 N–H and O–H groups in total. The quantitative estimate of drug-likeness (QED) is 0.333. The Morgan fingerprint density at radius 2 is 1.62 bits per heavy atom. The second kappa shape index (κ2) is 8.71. The third-order valence-electron chi connectivity index (χ3n) is 5.36. The normalized spacial score (nSPS) is 10.9. The molecule has 4 aromatic rings. The number of hydrogen-bond acceptors (Lipinski definition) is 2. The molecule has 4 rings (SSSR count). The highest BCUT2D eigenvalue weighted by molar-refractivity contribution is 9.10. The Balaban J connectivity index is 1.54. The zero-order chi connectivity index (χ0) is 20.2. The molecule has 0 fully saturated rings. The van der Waals surface area contributed by atoms with Crippen LogP contribution in [0, 0.1) is 13.8 Å². The maximum atomic E-state index is 6.27. The summed E-state index contributed by atoms with van der Waals surface area (Å²) < 4.78 is 7.32. The number of halogens is 1. The molecule has 0 unspecified atom stereocenters. The van der Waals surface area contributed by atoms with E-state index < -0.39 is 0 Å². The fourth-order valence-corrected chi connectivity index (χ4v) is 3.94. The van der Waals surface area contributed by atoms with Crippen molar-refractivity contribution in [1.82, 2.24) is 0 Å². The lowest BCUT2D eigenvalue weighted by atomic mass is 10.1. The topological polar surface area (TPSA) is 21.3 Å². The van der Waals surface area contributed by atoms with Crippen molar-refractivity contribution in [2.24, 2.45) is 0 Å². The van der Waals surface area contributed by atoms with Crippen LogP contribution in [0.3, 0.4) is 0 Å². The van der Waals surface area contributed by atoms with E-state index in [4.69, 9.17) is 4.74 Å².